The van der Waals surface area contributed by atoms with E-state index >= 15 is 0 Å². The topological polar surface area (TPSA) is 86.2 Å². The third-order valence-corrected chi connectivity index (χ3v) is 3.52. The van der Waals surface area contributed by atoms with Gasteiger partial charge in [-0.05, 0) is 36.5 Å². The lowest BCUT2D eigenvalue weighted by Gasteiger charge is -2.14. The number of nitrogens with two attached hydrogens (primary N) is 2. The van der Waals surface area contributed by atoms with Crippen molar-refractivity contribution in [1.82, 2.24) is 0 Å². The normalized spacial score (nSPS) is 13.9. The molecule has 1 aromatic rings. The molecule has 0 spiro atoms. The molecule has 0 aliphatic carbocycles. The van der Waals surface area contributed by atoms with E-state index in [0.717, 1.165) is 12.5 Å². The van der Waals surface area contributed by atoms with Gasteiger partial charge in [0.15, 0.2) is 0 Å². The number of sulfonamides is 1. The summed E-state index contributed by atoms with van der Waals surface area (Å²) in [6.07, 6.45) is 1.17. The van der Waals surface area contributed by atoms with Crippen molar-refractivity contribution in [2.75, 3.05) is 0 Å². The van der Waals surface area contributed by atoms with Crippen LogP contribution >= 0.6 is 0 Å². The maximum Gasteiger partial charge on any atom is 0.238 e. The van der Waals surface area contributed by atoms with E-state index in [-0.39, 0.29) is 10.9 Å². The zero-order chi connectivity index (χ0) is 13.9. The largest absolute Gasteiger partial charge is 0.327 e. The average Bonchev–Trinajstić information content (AvgIpc) is 2.18. The summed E-state index contributed by atoms with van der Waals surface area (Å²) in [6.45, 7) is 4.08. The zero-order valence-electron chi connectivity index (χ0n) is 10.6. The van der Waals surface area contributed by atoms with Gasteiger partial charge in [0.05, 0.1) is 4.90 Å². The smallest absolute Gasteiger partial charge is 0.238 e. The van der Waals surface area contributed by atoms with Gasteiger partial charge in [-0.15, -0.1) is 0 Å². The van der Waals surface area contributed by atoms with Crippen LogP contribution in [0.3, 0.4) is 0 Å². The summed E-state index contributed by atoms with van der Waals surface area (Å²) >= 11 is 0. The average molecular weight is 274 g/mol. The molecule has 1 aromatic carbocycles. The summed E-state index contributed by atoms with van der Waals surface area (Å²) in [5.41, 5.74) is 6.30. The molecule has 0 amide bonds. The van der Waals surface area contributed by atoms with Crippen LogP contribution in [0.15, 0.2) is 23.1 Å². The molecule has 6 heteroatoms. The molecule has 0 saturated heterocycles. The molecule has 0 saturated carbocycles. The Bertz CT molecular complexity index is 515. The second kappa shape index (κ2) is 5.77. The summed E-state index contributed by atoms with van der Waals surface area (Å²) in [6, 6.07) is 3.53. The molecule has 0 aliphatic rings. The molecule has 18 heavy (non-hydrogen) atoms. The first-order chi connectivity index (χ1) is 8.20. The summed E-state index contributed by atoms with van der Waals surface area (Å²) in [7, 11) is -3.86. The van der Waals surface area contributed by atoms with Crippen LogP contribution in [0.1, 0.15) is 25.8 Å². The van der Waals surface area contributed by atoms with Gasteiger partial charge in [-0.2, -0.15) is 0 Å². The van der Waals surface area contributed by atoms with Crippen LogP contribution in [0.5, 0.6) is 0 Å². The predicted octanol–water partition coefficient (Wildman–Crippen LogP) is 1.39. The van der Waals surface area contributed by atoms with Crippen LogP contribution in [0.4, 0.5) is 4.39 Å². The van der Waals surface area contributed by atoms with E-state index in [4.69, 9.17) is 10.9 Å². The number of halogens is 1. The van der Waals surface area contributed by atoms with Crippen LogP contribution in [0.25, 0.3) is 0 Å². The molecule has 0 fully saturated rings. The lowest BCUT2D eigenvalue weighted by Crippen LogP contribution is -2.25. The van der Waals surface area contributed by atoms with Gasteiger partial charge < -0.3 is 5.73 Å². The summed E-state index contributed by atoms with van der Waals surface area (Å²) in [5.74, 6) is -0.146. The van der Waals surface area contributed by atoms with Crippen LogP contribution in [0.2, 0.25) is 0 Å². The van der Waals surface area contributed by atoms with E-state index in [9.17, 15) is 12.8 Å². The van der Waals surface area contributed by atoms with Gasteiger partial charge in [-0.3, -0.25) is 0 Å². The van der Waals surface area contributed by atoms with Gasteiger partial charge in [0.1, 0.15) is 5.82 Å². The molecular formula is C12H19FN2O2S. The molecule has 1 atom stereocenters. The fourth-order valence-electron chi connectivity index (χ4n) is 1.84. The Labute approximate surface area is 107 Å². The van der Waals surface area contributed by atoms with Crippen LogP contribution < -0.4 is 10.9 Å². The Morgan fingerprint density at radius 2 is 1.94 bits per heavy atom. The van der Waals surface area contributed by atoms with Crippen molar-refractivity contribution < 1.29 is 12.8 Å². The standard InChI is InChI=1S/C12H19FN2O2S/c1-8(2)5-10(14)6-9-3-4-11(7-12(9)13)18(15,16)17/h3-4,7-8,10H,5-6,14H2,1-2H3,(H2,15,16,17). The van der Waals surface area contributed by atoms with E-state index in [1.54, 1.807) is 0 Å². The molecular weight excluding hydrogens is 255 g/mol. The van der Waals surface area contributed by atoms with E-state index in [0.29, 0.717) is 17.9 Å². The van der Waals surface area contributed by atoms with Crippen molar-refractivity contribution >= 4 is 10.0 Å². The van der Waals surface area contributed by atoms with E-state index < -0.39 is 15.8 Å². The first-order valence-electron chi connectivity index (χ1n) is 5.77. The van der Waals surface area contributed by atoms with E-state index in [2.05, 4.69) is 0 Å². The molecule has 102 valence electrons. The SMILES string of the molecule is CC(C)CC(N)Cc1ccc(S(N)(=O)=O)cc1F. The second-order valence-corrected chi connectivity index (χ2v) is 6.45. The Kier molecular flexibility index (Phi) is 4.84. The van der Waals surface area contributed by atoms with Gasteiger partial charge >= 0.3 is 0 Å². The molecule has 4 N–H and O–H groups in total. The van der Waals surface area contributed by atoms with Crippen molar-refractivity contribution in [1.29, 1.82) is 0 Å². The highest BCUT2D eigenvalue weighted by Gasteiger charge is 2.14. The highest BCUT2D eigenvalue weighted by molar-refractivity contribution is 7.89. The molecule has 1 rings (SSSR count). The molecule has 0 radical (unpaired) electrons. The third-order valence-electron chi connectivity index (χ3n) is 2.61. The molecule has 4 nitrogen and oxygen atoms in total. The van der Waals surface area contributed by atoms with Crippen molar-refractivity contribution in [3.05, 3.63) is 29.6 Å². The molecule has 0 aliphatic heterocycles. The minimum atomic E-state index is -3.86. The zero-order valence-corrected chi connectivity index (χ0v) is 11.4. The molecule has 1 unspecified atom stereocenters. The van der Waals surface area contributed by atoms with Crippen LogP contribution in [-0.4, -0.2) is 14.5 Å². The van der Waals surface area contributed by atoms with Gasteiger partial charge in [0.25, 0.3) is 0 Å². The lowest BCUT2D eigenvalue weighted by molar-refractivity contribution is 0.484. The number of hydrogen-bond donors (Lipinski definition) is 2. The first-order valence-corrected chi connectivity index (χ1v) is 7.31. The quantitative estimate of drug-likeness (QED) is 0.850. The Balaban J connectivity index is 2.87. The summed E-state index contributed by atoms with van der Waals surface area (Å²) < 4.78 is 35.8. The van der Waals surface area contributed by atoms with Crippen molar-refractivity contribution in [3.8, 4) is 0 Å². The van der Waals surface area contributed by atoms with Gasteiger partial charge in [0.2, 0.25) is 10.0 Å². The predicted molar refractivity (Wildman–Crippen MR) is 68.9 cm³/mol. The van der Waals surface area contributed by atoms with Crippen molar-refractivity contribution in [2.45, 2.75) is 37.6 Å². The van der Waals surface area contributed by atoms with Gasteiger partial charge in [-0.1, -0.05) is 19.9 Å². The monoisotopic (exact) mass is 274 g/mol. The van der Waals surface area contributed by atoms with Crippen molar-refractivity contribution in [2.24, 2.45) is 16.8 Å². The first kappa shape index (κ1) is 15.1. The van der Waals surface area contributed by atoms with Crippen molar-refractivity contribution in [3.63, 3.8) is 0 Å². The fraction of sp³-hybridized carbons (Fsp3) is 0.500. The molecule has 0 heterocycles. The lowest BCUT2D eigenvalue weighted by atomic mass is 9.98. The second-order valence-electron chi connectivity index (χ2n) is 4.89. The maximum absolute atomic E-state index is 13.7. The van der Waals surface area contributed by atoms with Gasteiger partial charge in [0, 0.05) is 6.04 Å². The fourth-order valence-corrected chi connectivity index (χ4v) is 2.37. The number of rotatable bonds is 5. The molecule has 0 aromatic heterocycles. The summed E-state index contributed by atoms with van der Waals surface area (Å²) in [4.78, 5) is -0.221. The van der Waals surface area contributed by atoms with E-state index in [1.807, 2.05) is 13.8 Å². The highest BCUT2D eigenvalue weighted by atomic mass is 32.2. The van der Waals surface area contributed by atoms with E-state index in [1.165, 1.54) is 12.1 Å². The Morgan fingerprint density at radius 3 is 2.39 bits per heavy atom. The van der Waals surface area contributed by atoms with Gasteiger partial charge in [-0.25, -0.2) is 17.9 Å². The number of primary sulfonamides is 1. The Morgan fingerprint density at radius 1 is 1.33 bits per heavy atom. The summed E-state index contributed by atoms with van der Waals surface area (Å²) in [5, 5.41) is 4.92. The van der Waals surface area contributed by atoms with Crippen LogP contribution in [-0.2, 0) is 16.4 Å². The number of benzene rings is 1. The maximum atomic E-state index is 13.7. The number of hydrogen-bond acceptors (Lipinski definition) is 3. The minimum Gasteiger partial charge on any atom is -0.327 e. The third kappa shape index (κ3) is 4.36. The molecule has 0 bridgehead atoms. The van der Waals surface area contributed by atoms with Crippen LogP contribution in [0, 0.1) is 11.7 Å². The Hall–Kier alpha value is -0.980. The highest BCUT2D eigenvalue weighted by Crippen LogP contribution is 2.16. The minimum absolute atomic E-state index is 0.139.